The number of imidazole rings is 1. The lowest BCUT2D eigenvalue weighted by molar-refractivity contribution is -0.116. The van der Waals surface area contributed by atoms with E-state index in [0.717, 1.165) is 42.0 Å². The van der Waals surface area contributed by atoms with Crippen LogP contribution in [0.5, 0.6) is 0 Å². The highest BCUT2D eigenvalue weighted by molar-refractivity contribution is 5.95. The third kappa shape index (κ3) is 2.22. The molecule has 114 valence electrons. The van der Waals surface area contributed by atoms with E-state index < -0.39 is 0 Å². The number of rotatable bonds is 3. The van der Waals surface area contributed by atoms with Gasteiger partial charge in [0.15, 0.2) is 5.78 Å². The summed E-state index contributed by atoms with van der Waals surface area (Å²) in [6.45, 7) is 5.86. The van der Waals surface area contributed by atoms with Gasteiger partial charge in [-0.1, -0.05) is 6.92 Å². The number of hydrogen-bond donors (Lipinski definition) is 0. The van der Waals surface area contributed by atoms with Gasteiger partial charge in [0.2, 0.25) is 5.91 Å². The molecule has 3 rings (SSSR count). The van der Waals surface area contributed by atoms with Crippen LogP contribution in [0.3, 0.4) is 0 Å². The molecule has 1 amide bonds. The first-order valence-electron chi connectivity index (χ1n) is 7.51. The second-order valence-electron chi connectivity index (χ2n) is 5.55. The van der Waals surface area contributed by atoms with E-state index in [9.17, 15) is 9.59 Å². The predicted molar refractivity (Wildman–Crippen MR) is 84.7 cm³/mol. The molecule has 0 aliphatic carbocycles. The summed E-state index contributed by atoms with van der Waals surface area (Å²) in [7, 11) is 0. The van der Waals surface area contributed by atoms with E-state index in [4.69, 9.17) is 0 Å². The highest BCUT2D eigenvalue weighted by atomic mass is 16.2. The second kappa shape index (κ2) is 5.40. The Morgan fingerprint density at radius 3 is 2.68 bits per heavy atom. The maximum absolute atomic E-state index is 11.9. The molecular weight excluding hydrogens is 278 g/mol. The summed E-state index contributed by atoms with van der Waals surface area (Å²) in [5, 5.41) is 0. The number of carbonyl (C=O) groups is 2. The lowest BCUT2D eigenvalue weighted by atomic mass is 10.1. The van der Waals surface area contributed by atoms with Crippen LogP contribution in [0.25, 0.3) is 5.69 Å². The molecule has 2 aromatic rings. The van der Waals surface area contributed by atoms with Crippen LogP contribution in [-0.4, -0.2) is 27.8 Å². The number of aromatic nitrogens is 2. The average Bonchev–Trinajstić information content (AvgIpc) is 3.10. The summed E-state index contributed by atoms with van der Waals surface area (Å²) in [6.07, 6.45) is 3.27. The maximum atomic E-state index is 11.9. The quantitative estimate of drug-likeness (QED) is 0.818. The molecule has 5 nitrogen and oxygen atoms in total. The van der Waals surface area contributed by atoms with Gasteiger partial charge < -0.3 is 4.90 Å². The minimum Gasteiger partial charge on any atom is -0.312 e. The number of aryl methyl sites for hydroxylation is 1. The first-order valence-corrected chi connectivity index (χ1v) is 7.51. The summed E-state index contributed by atoms with van der Waals surface area (Å²) >= 11 is 0. The van der Waals surface area contributed by atoms with Crippen molar-refractivity contribution in [3.05, 3.63) is 41.5 Å². The first kappa shape index (κ1) is 14.5. The Morgan fingerprint density at radius 1 is 1.27 bits per heavy atom. The van der Waals surface area contributed by atoms with Crippen LogP contribution in [-0.2, 0) is 17.6 Å². The third-order valence-corrected chi connectivity index (χ3v) is 4.13. The van der Waals surface area contributed by atoms with Crippen LogP contribution in [0.15, 0.2) is 24.5 Å². The van der Waals surface area contributed by atoms with Crippen LogP contribution in [0.1, 0.15) is 42.5 Å². The van der Waals surface area contributed by atoms with Crippen LogP contribution < -0.4 is 4.90 Å². The van der Waals surface area contributed by atoms with E-state index in [1.165, 1.54) is 0 Å². The number of amides is 1. The molecule has 1 aliphatic rings. The van der Waals surface area contributed by atoms with E-state index in [1.54, 1.807) is 25.1 Å². The Morgan fingerprint density at radius 2 is 2.05 bits per heavy atom. The zero-order chi connectivity index (χ0) is 15.9. The minimum absolute atomic E-state index is 0.0141. The highest BCUT2D eigenvalue weighted by Crippen LogP contribution is 2.30. The summed E-state index contributed by atoms with van der Waals surface area (Å²) in [5.74, 6) is 0.0760. The smallest absolute Gasteiger partial charge is 0.223 e. The van der Waals surface area contributed by atoms with E-state index in [2.05, 4.69) is 4.98 Å². The van der Waals surface area contributed by atoms with Gasteiger partial charge in [0.25, 0.3) is 0 Å². The molecule has 1 aromatic heterocycles. The van der Waals surface area contributed by atoms with E-state index in [1.807, 2.05) is 29.7 Å². The average molecular weight is 297 g/mol. The molecule has 5 heteroatoms. The number of ketones is 1. The summed E-state index contributed by atoms with van der Waals surface area (Å²) in [4.78, 5) is 29.7. The van der Waals surface area contributed by atoms with Crippen LogP contribution >= 0.6 is 0 Å². The Bertz CT molecular complexity index is 761. The lowest BCUT2D eigenvalue weighted by Crippen LogP contribution is -2.25. The Kier molecular flexibility index (Phi) is 3.56. The zero-order valence-electron chi connectivity index (χ0n) is 13.1. The van der Waals surface area contributed by atoms with Crippen molar-refractivity contribution in [2.45, 2.75) is 33.6 Å². The molecule has 0 unspecified atom stereocenters. The number of hydrogen-bond acceptors (Lipinski definition) is 3. The third-order valence-electron chi connectivity index (χ3n) is 4.13. The minimum atomic E-state index is 0.0141. The highest BCUT2D eigenvalue weighted by Gasteiger charge is 2.23. The van der Waals surface area contributed by atoms with Gasteiger partial charge in [-0.2, -0.15) is 0 Å². The van der Waals surface area contributed by atoms with Crippen molar-refractivity contribution in [1.29, 1.82) is 0 Å². The number of benzene rings is 1. The molecule has 2 heterocycles. The van der Waals surface area contributed by atoms with Crippen molar-refractivity contribution in [2.24, 2.45) is 0 Å². The number of anilines is 1. The van der Waals surface area contributed by atoms with Gasteiger partial charge in [-0.05, 0) is 36.6 Å². The van der Waals surface area contributed by atoms with Crippen LogP contribution in [0.4, 0.5) is 5.69 Å². The molecule has 0 saturated heterocycles. The fraction of sp³-hybridized carbons (Fsp3) is 0.353. The van der Waals surface area contributed by atoms with Crippen molar-refractivity contribution in [3.63, 3.8) is 0 Å². The van der Waals surface area contributed by atoms with Gasteiger partial charge >= 0.3 is 0 Å². The molecule has 0 N–H and O–H groups in total. The molecule has 0 fully saturated rings. The molecule has 1 aromatic carbocycles. The Balaban J connectivity index is 2.07. The maximum Gasteiger partial charge on any atom is 0.223 e. The topological polar surface area (TPSA) is 55.2 Å². The fourth-order valence-corrected chi connectivity index (χ4v) is 3.08. The molecule has 0 saturated carbocycles. The van der Waals surface area contributed by atoms with Gasteiger partial charge in [0, 0.05) is 31.8 Å². The van der Waals surface area contributed by atoms with E-state index in [0.29, 0.717) is 5.69 Å². The predicted octanol–water partition coefficient (Wildman–Crippen LogP) is 2.55. The monoisotopic (exact) mass is 297 g/mol. The van der Waals surface area contributed by atoms with Crippen molar-refractivity contribution >= 4 is 17.4 Å². The van der Waals surface area contributed by atoms with Gasteiger partial charge in [-0.25, -0.2) is 4.98 Å². The second-order valence-corrected chi connectivity index (χ2v) is 5.55. The largest absolute Gasteiger partial charge is 0.312 e. The van der Waals surface area contributed by atoms with Gasteiger partial charge in [-0.15, -0.1) is 0 Å². The zero-order valence-corrected chi connectivity index (χ0v) is 13.1. The summed E-state index contributed by atoms with van der Waals surface area (Å²) < 4.78 is 1.85. The molecular formula is C17H19N3O2. The molecule has 0 bridgehead atoms. The molecule has 1 aliphatic heterocycles. The fourth-order valence-electron chi connectivity index (χ4n) is 3.08. The molecule has 0 radical (unpaired) electrons. The van der Waals surface area contributed by atoms with Gasteiger partial charge in [0.1, 0.15) is 12.0 Å². The standard InChI is InChI=1S/C17H19N3O2/c1-4-15-17(11(2)21)20(10-18-15)14-5-6-16-13(9-14)7-8-19(16)12(3)22/h5-6,9-10H,4,7-8H2,1-3H3. The lowest BCUT2D eigenvalue weighted by Gasteiger charge is -2.15. The van der Waals surface area contributed by atoms with Crippen LogP contribution in [0.2, 0.25) is 0 Å². The normalized spacial score (nSPS) is 13.3. The van der Waals surface area contributed by atoms with Crippen molar-refractivity contribution in [1.82, 2.24) is 9.55 Å². The Labute approximate surface area is 129 Å². The molecule has 0 atom stereocenters. The van der Waals surface area contributed by atoms with Gasteiger partial charge in [0.05, 0.1) is 5.69 Å². The van der Waals surface area contributed by atoms with Gasteiger partial charge in [-0.3, -0.25) is 14.2 Å². The van der Waals surface area contributed by atoms with Crippen molar-refractivity contribution in [2.75, 3.05) is 11.4 Å². The van der Waals surface area contributed by atoms with E-state index in [-0.39, 0.29) is 11.7 Å². The van der Waals surface area contributed by atoms with Crippen LogP contribution in [0, 0.1) is 0 Å². The summed E-state index contributed by atoms with van der Waals surface area (Å²) in [6, 6.07) is 5.94. The number of Topliss-reactive ketones (excluding diaryl/α,β-unsaturated/α-hetero) is 1. The van der Waals surface area contributed by atoms with Crippen molar-refractivity contribution in [3.8, 4) is 5.69 Å². The number of nitrogens with zero attached hydrogens (tertiary/aromatic N) is 3. The SMILES string of the molecule is CCc1ncn(-c2ccc3c(c2)CCN3C(C)=O)c1C(C)=O. The van der Waals surface area contributed by atoms with Crippen molar-refractivity contribution < 1.29 is 9.59 Å². The Hall–Kier alpha value is -2.43. The molecule has 22 heavy (non-hydrogen) atoms. The number of carbonyl (C=O) groups excluding carboxylic acids is 2. The molecule has 0 spiro atoms. The summed E-state index contributed by atoms with van der Waals surface area (Å²) in [5.41, 5.74) is 4.48. The number of fused-ring (bicyclic) bond motifs is 1. The first-order chi connectivity index (χ1) is 10.5. The van der Waals surface area contributed by atoms with E-state index >= 15 is 0 Å².